The number of anilines is 1. The molecule has 1 amide bonds. The third-order valence-electron chi connectivity index (χ3n) is 1.82. The molecule has 0 heterocycles. The first-order valence-electron chi connectivity index (χ1n) is 4.35. The smallest absolute Gasteiger partial charge is 0.320 e. The minimum absolute atomic E-state index is 0.257. The minimum Gasteiger partial charge on any atom is -0.446 e. The summed E-state index contributed by atoms with van der Waals surface area (Å²) in [5.74, 6) is -0.257. The predicted octanol–water partition coefficient (Wildman–Crippen LogP) is 0.632. The van der Waals surface area contributed by atoms with Crippen molar-refractivity contribution in [1.29, 1.82) is 0 Å². The Morgan fingerprint density at radius 3 is 2.93 bits per heavy atom. The van der Waals surface area contributed by atoms with Gasteiger partial charge in [0.05, 0.1) is 0 Å². The number of carbonyl (C=O) groups excluding carboxylic acids is 1. The third kappa shape index (κ3) is 2.74. The lowest BCUT2D eigenvalue weighted by Crippen LogP contribution is -2.26. The Labute approximate surface area is 83.6 Å². The molecule has 0 radical (unpaired) electrons. The average Bonchev–Trinajstić information content (AvgIpc) is 2.18. The molecule has 1 aromatic carbocycles. The largest absolute Gasteiger partial charge is 0.446 e. The van der Waals surface area contributed by atoms with E-state index in [1.165, 1.54) is 6.08 Å². The van der Waals surface area contributed by atoms with Gasteiger partial charge in [0.15, 0.2) is 0 Å². The highest BCUT2D eigenvalue weighted by Gasteiger charge is 2.06. The Morgan fingerprint density at radius 1 is 1.64 bits per heavy atom. The molecule has 0 aliphatic heterocycles. The number of nitrogens with one attached hydrogen (secondary N) is 1. The van der Waals surface area contributed by atoms with Crippen LogP contribution in [-0.4, -0.2) is 17.8 Å². The van der Waals surface area contributed by atoms with Gasteiger partial charge in [0.25, 0.3) is 0 Å². The lowest BCUT2D eigenvalue weighted by molar-refractivity contribution is -0.111. The van der Waals surface area contributed by atoms with E-state index in [4.69, 9.17) is 0 Å². The molecule has 0 unspecified atom stereocenters. The number of carbonyl (C=O) groups is 1. The predicted molar refractivity (Wildman–Crippen MR) is 58.7 cm³/mol. The Bertz CT molecular complexity index is 350. The number of hydrogen-bond acceptors (Lipinski definition) is 2. The van der Waals surface area contributed by atoms with Gasteiger partial charge < -0.3 is 10.3 Å². The highest BCUT2D eigenvalue weighted by atomic mass is 16.2. The lowest BCUT2D eigenvalue weighted by atomic mass is 9.64. The van der Waals surface area contributed by atoms with Crippen molar-refractivity contribution in [2.75, 3.05) is 5.32 Å². The number of amides is 1. The van der Waals surface area contributed by atoms with Crippen LogP contribution in [0.25, 0.3) is 0 Å². The maximum Gasteiger partial charge on any atom is 0.320 e. The molecule has 14 heavy (non-hydrogen) atoms. The molecule has 0 aromatic heterocycles. The Hall–Kier alpha value is -1.55. The van der Waals surface area contributed by atoms with Gasteiger partial charge in [-0.05, 0) is 23.7 Å². The standard InChI is InChI=1S/C10H12BNO2/c1-3-10(13)12-9-6-4-5-8(7-9)11(2)14/h3-7,14H,1H2,2H3,(H,12,13). The summed E-state index contributed by atoms with van der Waals surface area (Å²) in [5.41, 5.74) is 1.43. The van der Waals surface area contributed by atoms with Crippen LogP contribution in [0.15, 0.2) is 36.9 Å². The van der Waals surface area contributed by atoms with E-state index in [9.17, 15) is 9.82 Å². The summed E-state index contributed by atoms with van der Waals surface area (Å²) in [7, 11) is 0. The highest BCUT2D eigenvalue weighted by molar-refractivity contribution is 6.64. The van der Waals surface area contributed by atoms with E-state index in [2.05, 4.69) is 11.9 Å². The number of hydrogen-bond donors (Lipinski definition) is 2. The molecule has 0 aliphatic rings. The fraction of sp³-hybridized carbons (Fsp3) is 0.100. The van der Waals surface area contributed by atoms with Crippen LogP contribution >= 0.6 is 0 Å². The van der Waals surface area contributed by atoms with E-state index in [0.29, 0.717) is 5.69 Å². The second-order valence-electron chi connectivity index (χ2n) is 2.99. The van der Waals surface area contributed by atoms with Crippen molar-refractivity contribution in [3.8, 4) is 0 Å². The molecular weight excluding hydrogens is 177 g/mol. The zero-order valence-corrected chi connectivity index (χ0v) is 8.03. The van der Waals surface area contributed by atoms with Crippen molar-refractivity contribution < 1.29 is 9.82 Å². The van der Waals surface area contributed by atoms with E-state index in [0.717, 1.165) is 5.46 Å². The van der Waals surface area contributed by atoms with Crippen molar-refractivity contribution in [3.05, 3.63) is 36.9 Å². The van der Waals surface area contributed by atoms with Gasteiger partial charge in [0.2, 0.25) is 5.91 Å². The molecular formula is C10H12BNO2. The third-order valence-corrected chi connectivity index (χ3v) is 1.82. The first-order valence-corrected chi connectivity index (χ1v) is 4.35. The van der Waals surface area contributed by atoms with E-state index in [-0.39, 0.29) is 5.91 Å². The summed E-state index contributed by atoms with van der Waals surface area (Å²) < 4.78 is 0. The molecule has 2 N–H and O–H groups in total. The zero-order valence-electron chi connectivity index (χ0n) is 8.03. The van der Waals surface area contributed by atoms with Crippen LogP contribution in [-0.2, 0) is 4.79 Å². The SMILES string of the molecule is C=CC(=O)Nc1cccc(B(C)O)c1. The van der Waals surface area contributed by atoms with Crippen molar-refractivity contribution in [1.82, 2.24) is 0 Å². The minimum atomic E-state index is -0.532. The number of rotatable bonds is 3. The molecule has 0 bridgehead atoms. The van der Waals surface area contributed by atoms with Crippen molar-refractivity contribution >= 4 is 24.0 Å². The monoisotopic (exact) mass is 189 g/mol. The van der Waals surface area contributed by atoms with Crippen LogP contribution < -0.4 is 10.8 Å². The van der Waals surface area contributed by atoms with Crippen LogP contribution in [0.2, 0.25) is 6.82 Å². The lowest BCUT2D eigenvalue weighted by Gasteiger charge is -2.05. The maximum atomic E-state index is 11.0. The molecule has 1 rings (SSSR count). The van der Waals surface area contributed by atoms with Gasteiger partial charge in [-0.2, -0.15) is 0 Å². The van der Waals surface area contributed by atoms with E-state index in [1.807, 2.05) is 0 Å². The van der Waals surface area contributed by atoms with Gasteiger partial charge in [-0.25, -0.2) is 0 Å². The molecule has 3 nitrogen and oxygen atoms in total. The number of benzene rings is 1. The molecule has 4 heteroatoms. The summed E-state index contributed by atoms with van der Waals surface area (Å²) in [5, 5.41) is 11.9. The van der Waals surface area contributed by atoms with Crippen molar-refractivity contribution in [3.63, 3.8) is 0 Å². The van der Waals surface area contributed by atoms with Crippen molar-refractivity contribution in [2.24, 2.45) is 0 Å². The molecule has 0 saturated carbocycles. The van der Waals surface area contributed by atoms with Gasteiger partial charge in [-0.3, -0.25) is 4.79 Å². The van der Waals surface area contributed by atoms with E-state index >= 15 is 0 Å². The molecule has 0 spiro atoms. The molecule has 0 fully saturated rings. The Morgan fingerprint density at radius 2 is 2.36 bits per heavy atom. The molecule has 0 atom stereocenters. The molecule has 72 valence electrons. The van der Waals surface area contributed by atoms with Gasteiger partial charge in [0, 0.05) is 5.69 Å². The normalized spacial score (nSPS) is 9.29. The van der Waals surface area contributed by atoms with Gasteiger partial charge in [0.1, 0.15) is 0 Å². The van der Waals surface area contributed by atoms with E-state index < -0.39 is 6.92 Å². The van der Waals surface area contributed by atoms with Crippen molar-refractivity contribution in [2.45, 2.75) is 6.82 Å². The van der Waals surface area contributed by atoms with Crippen LogP contribution in [0.4, 0.5) is 5.69 Å². The average molecular weight is 189 g/mol. The zero-order chi connectivity index (χ0) is 10.6. The van der Waals surface area contributed by atoms with E-state index in [1.54, 1.807) is 31.1 Å². The Balaban J connectivity index is 2.83. The van der Waals surface area contributed by atoms with Crippen LogP contribution in [0.5, 0.6) is 0 Å². The summed E-state index contributed by atoms with van der Waals surface area (Å²) in [6.07, 6.45) is 1.20. The molecule has 0 aliphatic carbocycles. The quantitative estimate of drug-likeness (QED) is 0.541. The fourth-order valence-corrected chi connectivity index (χ4v) is 1.07. The summed E-state index contributed by atoms with van der Waals surface area (Å²) in [4.78, 5) is 11.0. The highest BCUT2D eigenvalue weighted by Crippen LogP contribution is 2.04. The second-order valence-corrected chi connectivity index (χ2v) is 2.99. The summed E-state index contributed by atoms with van der Waals surface area (Å²) in [6.45, 7) is 4.50. The topological polar surface area (TPSA) is 49.3 Å². The maximum absolute atomic E-state index is 11.0. The van der Waals surface area contributed by atoms with Crippen LogP contribution in [0, 0.1) is 0 Å². The fourth-order valence-electron chi connectivity index (χ4n) is 1.07. The Kier molecular flexibility index (Phi) is 3.48. The van der Waals surface area contributed by atoms with Crippen LogP contribution in [0.3, 0.4) is 0 Å². The summed E-state index contributed by atoms with van der Waals surface area (Å²) in [6, 6.07) is 7.06. The molecule has 0 saturated heterocycles. The summed E-state index contributed by atoms with van der Waals surface area (Å²) >= 11 is 0. The molecule has 1 aromatic rings. The first-order chi connectivity index (χ1) is 6.63. The second kappa shape index (κ2) is 4.62. The first kappa shape index (κ1) is 10.5. The van der Waals surface area contributed by atoms with Gasteiger partial charge in [-0.15, -0.1) is 0 Å². The van der Waals surface area contributed by atoms with Gasteiger partial charge >= 0.3 is 6.92 Å². The van der Waals surface area contributed by atoms with Gasteiger partial charge in [-0.1, -0.05) is 25.5 Å². The van der Waals surface area contributed by atoms with Crippen LogP contribution in [0.1, 0.15) is 0 Å².